The Labute approximate surface area is 185 Å². The van der Waals surface area contributed by atoms with Gasteiger partial charge in [-0.2, -0.15) is 0 Å². The lowest BCUT2D eigenvalue weighted by Gasteiger charge is -2.33. The molecule has 0 aromatic carbocycles. The average molecular weight is 452 g/mol. The van der Waals surface area contributed by atoms with Gasteiger partial charge in [-0.25, -0.2) is 9.97 Å². The van der Waals surface area contributed by atoms with E-state index in [9.17, 15) is 4.79 Å². The maximum atomic E-state index is 12.6. The largest absolute Gasteiger partial charge is 0.369 e. The number of nitrogens with zero attached hydrogens (tertiary/aromatic N) is 2. The summed E-state index contributed by atoms with van der Waals surface area (Å²) in [5.74, 6) is 0.521. The van der Waals surface area contributed by atoms with Gasteiger partial charge in [-0.3, -0.25) is 4.79 Å². The summed E-state index contributed by atoms with van der Waals surface area (Å²) in [6.45, 7) is 5.00. The lowest BCUT2D eigenvalue weighted by molar-refractivity contribution is -0.119. The Kier molecular flexibility index (Phi) is 6.73. The number of amides is 1. The number of carbonyl (C=O) groups is 1. The molecule has 1 N–H and O–H groups in total. The lowest BCUT2D eigenvalue weighted by Crippen LogP contribution is -2.37. The first-order valence-corrected chi connectivity index (χ1v) is 13.5. The summed E-state index contributed by atoms with van der Waals surface area (Å²) in [5, 5.41) is 6.07. The fraction of sp³-hybridized carbons (Fsp3) is 0.667. The number of hydrogen-bond donors (Lipinski definition) is 1. The maximum Gasteiger partial charge on any atom is 0.230 e. The summed E-state index contributed by atoms with van der Waals surface area (Å²) in [5.41, 5.74) is 1.18. The Morgan fingerprint density at radius 2 is 2.10 bits per heavy atom. The van der Waals surface area contributed by atoms with E-state index in [0.29, 0.717) is 18.4 Å². The van der Waals surface area contributed by atoms with Crippen LogP contribution in [0.15, 0.2) is 10.2 Å². The quantitative estimate of drug-likeness (QED) is 0.370. The summed E-state index contributed by atoms with van der Waals surface area (Å²) < 4.78 is 6.14. The van der Waals surface area contributed by atoms with Gasteiger partial charge in [0.25, 0.3) is 0 Å². The molecule has 1 aliphatic carbocycles. The lowest BCUT2D eigenvalue weighted by atomic mass is 9.90. The van der Waals surface area contributed by atoms with Crippen molar-refractivity contribution in [1.29, 1.82) is 0 Å². The molecule has 2 aromatic rings. The molecule has 1 fully saturated rings. The molecule has 1 amide bonds. The number of thioether (sulfide) groups is 2. The van der Waals surface area contributed by atoms with Crippen LogP contribution in [-0.2, 0) is 22.6 Å². The van der Waals surface area contributed by atoms with Crippen LogP contribution in [0.4, 0.5) is 0 Å². The highest BCUT2D eigenvalue weighted by Gasteiger charge is 2.33. The molecule has 158 valence electrons. The molecular formula is C21H29N3O2S3. The normalized spacial score (nSPS) is 22.6. The van der Waals surface area contributed by atoms with E-state index in [-0.39, 0.29) is 11.5 Å². The molecule has 1 unspecified atom stereocenters. The molecular weight excluding hydrogens is 422 g/mol. The van der Waals surface area contributed by atoms with Crippen molar-refractivity contribution < 1.29 is 9.53 Å². The number of thiophene rings is 1. The summed E-state index contributed by atoms with van der Waals surface area (Å²) >= 11 is 4.81. The number of fused-ring (bicyclic) bond motifs is 3. The van der Waals surface area contributed by atoms with Gasteiger partial charge in [0.05, 0.1) is 18.0 Å². The first-order chi connectivity index (χ1) is 14.0. The van der Waals surface area contributed by atoms with Crippen LogP contribution in [0.25, 0.3) is 10.2 Å². The predicted octanol–water partition coefficient (Wildman–Crippen LogP) is 5.20. The molecule has 4 rings (SSSR count). The standard InChI is InChI=1S/C21H29N3O2S3/c1-4-21(2)10-14-15(11-26-21)29-19-17(14)18(23-20(24-19)27-3)28-12-16(25)22-13-8-6-5-7-9-13/h13H,4-12H2,1-3H3,(H,22,25). The van der Waals surface area contributed by atoms with Crippen LogP contribution < -0.4 is 5.32 Å². The average Bonchev–Trinajstić information content (AvgIpc) is 3.10. The number of hydrogen-bond acceptors (Lipinski definition) is 7. The van der Waals surface area contributed by atoms with E-state index in [1.54, 1.807) is 34.9 Å². The number of rotatable bonds is 6. The monoisotopic (exact) mass is 451 g/mol. The number of carbonyl (C=O) groups excluding carboxylic acids is 1. The smallest absolute Gasteiger partial charge is 0.230 e. The second kappa shape index (κ2) is 9.12. The van der Waals surface area contributed by atoms with Crippen molar-refractivity contribution in [3.63, 3.8) is 0 Å². The third kappa shape index (κ3) is 4.75. The van der Waals surface area contributed by atoms with Gasteiger partial charge in [0, 0.05) is 22.7 Å². The van der Waals surface area contributed by atoms with Gasteiger partial charge >= 0.3 is 0 Å². The van der Waals surface area contributed by atoms with E-state index >= 15 is 0 Å². The zero-order valence-electron chi connectivity index (χ0n) is 17.4. The van der Waals surface area contributed by atoms with Gasteiger partial charge in [-0.15, -0.1) is 11.3 Å². The third-order valence-electron chi connectivity index (χ3n) is 6.02. The van der Waals surface area contributed by atoms with Gasteiger partial charge < -0.3 is 10.1 Å². The zero-order chi connectivity index (χ0) is 20.4. The first kappa shape index (κ1) is 21.4. The number of aromatic nitrogens is 2. The van der Waals surface area contributed by atoms with Crippen molar-refractivity contribution in [2.75, 3.05) is 12.0 Å². The fourth-order valence-electron chi connectivity index (χ4n) is 4.09. The Bertz CT molecular complexity index is 895. The van der Waals surface area contributed by atoms with E-state index in [1.165, 1.54) is 29.7 Å². The minimum Gasteiger partial charge on any atom is -0.369 e. The molecule has 0 bridgehead atoms. The van der Waals surface area contributed by atoms with Crippen LogP contribution in [-0.4, -0.2) is 39.5 Å². The Hall–Kier alpha value is -0.830. The van der Waals surface area contributed by atoms with Gasteiger partial charge in [0.1, 0.15) is 9.86 Å². The summed E-state index contributed by atoms with van der Waals surface area (Å²) in [6, 6.07) is 0.348. The van der Waals surface area contributed by atoms with Crippen LogP contribution in [0.2, 0.25) is 0 Å². The van der Waals surface area contributed by atoms with Crippen molar-refractivity contribution in [3.8, 4) is 0 Å². The highest BCUT2D eigenvalue weighted by molar-refractivity contribution is 8.00. The molecule has 1 atom stereocenters. The minimum absolute atomic E-state index is 0.116. The highest BCUT2D eigenvalue weighted by Crippen LogP contribution is 2.43. The Morgan fingerprint density at radius 3 is 2.83 bits per heavy atom. The predicted molar refractivity (Wildman–Crippen MR) is 122 cm³/mol. The molecule has 3 heterocycles. The van der Waals surface area contributed by atoms with Gasteiger partial charge in [-0.05, 0) is 38.0 Å². The summed E-state index contributed by atoms with van der Waals surface area (Å²) in [7, 11) is 0. The first-order valence-electron chi connectivity index (χ1n) is 10.4. The van der Waals surface area contributed by atoms with Crippen molar-refractivity contribution in [3.05, 3.63) is 10.4 Å². The topological polar surface area (TPSA) is 64.1 Å². The second-order valence-electron chi connectivity index (χ2n) is 8.16. The minimum atomic E-state index is -0.139. The SMILES string of the molecule is CCC1(C)Cc2c(sc3nc(SC)nc(SCC(=O)NC4CCCCC4)c23)CO1. The van der Waals surface area contributed by atoms with E-state index in [1.807, 2.05) is 6.26 Å². The van der Waals surface area contributed by atoms with Crippen LogP contribution in [0, 0.1) is 0 Å². The van der Waals surface area contributed by atoms with Gasteiger partial charge in [0.15, 0.2) is 5.16 Å². The molecule has 1 saturated carbocycles. The highest BCUT2D eigenvalue weighted by atomic mass is 32.2. The molecule has 8 heteroatoms. The maximum absolute atomic E-state index is 12.6. The second-order valence-corrected chi connectivity index (χ2v) is 11.0. The molecule has 2 aliphatic rings. The van der Waals surface area contributed by atoms with Crippen molar-refractivity contribution >= 4 is 51.0 Å². The van der Waals surface area contributed by atoms with Crippen LogP contribution in [0.5, 0.6) is 0 Å². The summed E-state index contributed by atoms with van der Waals surface area (Å²) in [4.78, 5) is 24.4. The molecule has 0 radical (unpaired) electrons. The Morgan fingerprint density at radius 1 is 1.31 bits per heavy atom. The van der Waals surface area contributed by atoms with Crippen LogP contribution >= 0.6 is 34.9 Å². The number of ether oxygens (including phenoxy) is 1. The molecule has 0 saturated heterocycles. The van der Waals surface area contributed by atoms with Crippen molar-refractivity contribution in [1.82, 2.24) is 15.3 Å². The van der Waals surface area contributed by atoms with E-state index in [0.717, 1.165) is 46.1 Å². The van der Waals surface area contributed by atoms with E-state index in [4.69, 9.17) is 14.7 Å². The van der Waals surface area contributed by atoms with Crippen LogP contribution in [0.3, 0.4) is 0 Å². The van der Waals surface area contributed by atoms with Crippen molar-refractivity contribution in [2.45, 2.75) is 87.2 Å². The zero-order valence-corrected chi connectivity index (χ0v) is 19.8. The van der Waals surface area contributed by atoms with Crippen molar-refractivity contribution in [2.24, 2.45) is 0 Å². The molecule has 5 nitrogen and oxygen atoms in total. The van der Waals surface area contributed by atoms with Gasteiger partial charge in [0.2, 0.25) is 5.91 Å². The molecule has 0 spiro atoms. The van der Waals surface area contributed by atoms with E-state index in [2.05, 4.69) is 19.2 Å². The molecule has 2 aromatic heterocycles. The van der Waals surface area contributed by atoms with E-state index < -0.39 is 0 Å². The number of nitrogens with one attached hydrogen (secondary N) is 1. The van der Waals surface area contributed by atoms with Gasteiger partial charge in [-0.1, -0.05) is 49.7 Å². The fourth-order valence-corrected chi connectivity index (χ4v) is 6.61. The molecule has 1 aliphatic heterocycles. The third-order valence-corrected chi connectivity index (χ3v) is 8.65. The Balaban J connectivity index is 1.57. The van der Waals surface area contributed by atoms with Crippen LogP contribution in [0.1, 0.15) is 62.8 Å². The molecule has 29 heavy (non-hydrogen) atoms. The summed E-state index contributed by atoms with van der Waals surface area (Å²) in [6.07, 6.45) is 9.80.